The number of rotatable bonds is 5. The third-order valence-electron chi connectivity index (χ3n) is 3.20. The fourth-order valence-electron chi connectivity index (χ4n) is 2.09. The first kappa shape index (κ1) is 12.0. The van der Waals surface area contributed by atoms with Gasteiger partial charge in [0, 0.05) is 13.7 Å². The third-order valence-corrected chi connectivity index (χ3v) is 3.20. The van der Waals surface area contributed by atoms with Gasteiger partial charge in [0.2, 0.25) is 0 Å². The fourth-order valence-corrected chi connectivity index (χ4v) is 2.09. The minimum Gasteiger partial charge on any atom is -0.380 e. The second-order valence-corrected chi connectivity index (χ2v) is 4.34. The molecular formula is C11H24N2O. The van der Waals surface area contributed by atoms with Crippen LogP contribution in [-0.2, 0) is 4.74 Å². The van der Waals surface area contributed by atoms with Crippen molar-refractivity contribution in [2.24, 2.45) is 11.7 Å². The van der Waals surface area contributed by atoms with Crippen molar-refractivity contribution < 1.29 is 4.74 Å². The minimum atomic E-state index is 0.432. The van der Waals surface area contributed by atoms with Crippen molar-refractivity contribution in [1.29, 1.82) is 0 Å². The molecule has 0 aromatic carbocycles. The quantitative estimate of drug-likeness (QED) is 0.675. The molecular weight excluding hydrogens is 176 g/mol. The van der Waals surface area contributed by atoms with Crippen LogP contribution in [0.1, 0.15) is 26.2 Å². The number of piperidine rings is 1. The second kappa shape index (κ2) is 6.38. The number of unbranched alkanes of at least 4 members (excludes halogenated alkanes) is 1. The Labute approximate surface area is 87.6 Å². The summed E-state index contributed by atoms with van der Waals surface area (Å²) in [5.41, 5.74) is 5.48. The van der Waals surface area contributed by atoms with E-state index in [-0.39, 0.29) is 0 Å². The van der Waals surface area contributed by atoms with E-state index >= 15 is 0 Å². The van der Waals surface area contributed by atoms with E-state index in [2.05, 4.69) is 11.8 Å². The van der Waals surface area contributed by atoms with E-state index < -0.39 is 0 Å². The number of nitrogens with zero attached hydrogens (tertiary/aromatic N) is 1. The number of methoxy groups -OCH3 is 1. The van der Waals surface area contributed by atoms with E-state index in [0.29, 0.717) is 12.0 Å². The Bertz CT molecular complexity index is 152. The molecule has 3 heteroatoms. The summed E-state index contributed by atoms with van der Waals surface area (Å²) in [5, 5.41) is 0. The van der Waals surface area contributed by atoms with Crippen LogP contribution in [0.25, 0.3) is 0 Å². The van der Waals surface area contributed by atoms with E-state index in [4.69, 9.17) is 10.5 Å². The van der Waals surface area contributed by atoms with Gasteiger partial charge in [-0.3, -0.25) is 0 Å². The molecule has 1 rings (SSSR count). The van der Waals surface area contributed by atoms with Crippen LogP contribution in [0.15, 0.2) is 0 Å². The molecule has 0 radical (unpaired) electrons. The minimum absolute atomic E-state index is 0.432. The molecule has 0 saturated carbocycles. The number of likely N-dealkylation sites (tertiary alicyclic amines) is 1. The molecule has 3 nitrogen and oxygen atoms in total. The summed E-state index contributed by atoms with van der Waals surface area (Å²) in [6.45, 7) is 6.61. The summed E-state index contributed by atoms with van der Waals surface area (Å²) in [7, 11) is 1.82. The van der Waals surface area contributed by atoms with E-state index in [0.717, 1.165) is 19.5 Å². The molecule has 1 fully saturated rings. The summed E-state index contributed by atoms with van der Waals surface area (Å²) < 4.78 is 5.47. The van der Waals surface area contributed by atoms with E-state index in [1.165, 1.54) is 25.9 Å². The van der Waals surface area contributed by atoms with Crippen molar-refractivity contribution in [1.82, 2.24) is 4.90 Å². The molecule has 2 atom stereocenters. The van der Waals surface area contributed by atoms with E-state index in [1.807, 2.05) is 7.11 Å². The monoisotopic (exact) mass is 200 g/mol. The van der Waals surface area contributed by atoms with Gasteiger partial charge in [0.25, 0.3) is 0 Å². The zero-order valence-electron chi connectivity index (χ0n) is 9.54. The van der Waals surface area contributed by atoms with Crippen molar-refractivity contribution >= 4 is 0 Å². The highest BCUT2D eigenvalue weighted by Gasteiger charge is 2.25. The van der Waals surface area contributed by atoms with Crippen molar-refractivity contribution in [2.45, 2.75) is 32.3 Å². The smallest absolute Gasteiger partial charge is 0.0724 e. The van der Waals surface area contributed by atoms with Gasteiger partial charge in [-0.05, 0) is 44.8 Å². The lowest BCUT2D eigenvalue weighted by atomic mass is 9.96. The Morgan fingerprint density at radius 1 is 1.43 bits per heavy atom. The summed E-state index contributed by atoms with van der Waals surface area (Å²) in [4.78, 5) is 2.50. The number of hydrogen-bond donors (Lipinski definition) is 1. The van der Waals surface area contributed by atoms with Gasteiger partial charge in [0.05, 0.1) is 6.10 Å². The summed E-state index contributed by atoms with van der Waals surface area (Å²) in [6, 6.07) is 0. The highest BCUT2D eigenvalue weighted by molar-refractivity contribution is 4.78. The predicted octanol–water partition coefficient (Wildman–Crippen LogP) is 1.08. The third kappa shape index (κ3) is 3.56. The maximum atomic E-state index is 5.48. The molecule has 0 aliphatic carbocycles. The number of hydrogen-bond acceptors (Lipinski definition) is 3. The maximum absolute atomic E-state index is 5.48. The molecule has 1 saturated heterocycles. The SMILES string of the molecule is COC1CN(CCCCN)CCC1C. The predicted molar refractivity (Wildman–Crippen MR) is 59.3 cm³/mol. The lowest BCUT2D eigenvalue weighted by Gasteiger charge is -2.36. The maximum Gasteiger partial charge on any atom is 0.0724 e. The molecule has 2 N–H and O–H groups in total. The molecule has 1 aliphatic heterocycles. The van der Waals surface area contributed by atoms with Gasteiger partial charge in [0.1, 0.15) is 0 Å². The van der Waals surface area contributed by atoms with Crippen LogP contribution in [0.2, 0.25) is 0 Å². The standard InChI is InChI=1S/C11H24N2O/c1-10-5-8-13(7-4-3-6-12)9-11(10)14-2/h10-11H,3-9,12H2,1-2H3. The average Bonchev–Trinajstić information content (AvgIpc) is 2.21. The first-order valence-corrected chi connectivity index (χ1v) is 5.73. The highest BCUT2D eigenvalue weighted by atomic mass is 16.5. The molecule has 0 aromatic heterocycles. The molecule has 0 bridgehead atoms. The molecule has 1 heterocycles. The van der Waals surface area contributed by atoms with Gasteiger partial charge >= 0.3 is 0 Å². The van der Waals surface area contributed by atoms with Crippen LogP contribution in [0.4, 0.5) is 0 Å². The van der Waals surface area contributed by atoms with Crippen LogP contribution in [-0.4, -0.2) is 44.3 Å². The normalized spacial score (nSPS) is 29.4. The van der Waals surface area contributed by atoms with Crippen molar-refractivity contribution in [2.75, 3.05) is 33.3 Å². The van der Waals surface area contributed by atoms with Crippen LogP contribution < -0.4 is 5.73 Å². The van der Waals surface area contributed by atoms with Crippen LogP contribution in [0, 0.1) is 5.92 Å². The van der Waals surface area contributed by atoms with Crippen molar-refractivity contribution in [3.63, 3.8) is 0 Å². The summed E-state index contributed by atoms with van der Waals surface area (Å²) >= 11 is 0. The molecule has 0 amide bonds. The average molecular weight is 200 g/mol. The topological polar surface area (TPSA) is 38.5 Å². The Morgan fingerprint density at radius 3 is 2.86 bits per heavy atom. The van der Waals surface area contributed by atoms with Crippen LogP contribution in [0.3, 0.4) is 0 Å². The first-order valence-electron chi connectivity index (χ1n) is 5.73. The lowest BCUT2D eigenvalue weighted by molar-refractivity contribution is -0.00517. The molecule has 0 aromatic rings. The fraction of sp³-hybridized carbons (Fsp3) is 1.00. The zero-order valence-corrected chi connectivity index (χ0v) is 9.54. The molecule has 84 valence electrons. The van der Waals surface area contributed by atoms with Crippen molar-refractivity contribution in [3.05, 3.63) is 0 Å². The van der Waals surface area contributed by atoms with Crippen LogP contribution >= 0.6 is 0 Å². The first-order chi connectivity index (χ1) is 6.77. The van der Waals surface area contributed by atoms with Crippen molar-refractivity contribution in [3.8, 4) is 0 Å². The van der Waals surface area contributed by atoms with E-state index in [1.54, 1.807) is 0 Å². The lowest BCUT2D eigenvalue weighted by Crippen LogP contribution is -2.44. The largest absolute Gasteiger partial charge is 0.380 e. The van der Waals surface area contributed by atoms with Gasteiger partial charge in [-0.15, -0.1) is 0 Å². The van der Waals surface area contributed by atoms with E-state index in [9.17, 15) is 0 Å². The van der Waals surface area contributed by atoms with Crippen LogP contribution in [0.5, 0.6) is 0 Å². The Morgan fingerprint density at radius 2 is 2.21 bits per heavy atom. The summed E-state index contributed by atoms with van der Waals surface area (Å²) in [5.74, 6) is 0.714. The van der Waals surface area contributed by atoms with Gasteiger partial charge in [-0.25, -0.2) is 0 Å². The van der Waals surface area contributed by atoms with Gasteiger partial charge < -0.3 is 15.4 Å². The summed E-state index contributed by atoms with van der Waals surface area (Å²) in [6.07, 6.45) is 4.06. The van der Waals surface area contributed by atoms with Gasteiger partial charge in [-0.2, -0.15) is 0 Å². The number of nitrogens with two attached hydrogens (primary N) is 1. The Hall–Kier alpha value is -0.120. The molecule has 2 unspecified atom stereocenters. The molecule has 14 heavy (non-hydrogen) atoms. The highest BCUT2D eigenvalue weighted by Crippen LogP contribution is 2.19. The Balaban J connectivity index is 2.21. The second-order valence-electron chi connectivity index (χ2n) is 4.34. The zero-order chi connectivity index (χ0) is 10.4. The van der Waals surface area contributed by atoms with Gasteiger partial charge in [0.15, 0.2) is 0 Å². The van der Waals surface area contributed by atoms with Gasteiger partial charge in [-0.1, -0.05) is 6.92 Å². The molecule has 1 aliphatic rings. The Kier molecular flexibility index (Phi) is 5.45. The number of ether oxygens (including phenoxy) is 1. The molecule has 0 spiro atoms.